The summed E-state index contributed by atoms with van der Waals surface area (Å²) in [5.74, 6) is -0.531. The van der Waals surface area contributed by atoms with E-state index in [0.29, 0.717) is 18.4 Å². The van der Waals surface area contributed by atoms with Crippen LogP contribution in [-0.2, 0) is 4.79 Å². The number of nitrogens with one attached hydrogen (secondary N) is 1. The summed E-state index contributed by atoms with van der Waals surface area (Å²) in [5, 5.41) is 2.77. The minimum Gasteiger partial charge on any atom is -0.392 e. The number of hydrogen-bond donors (Lipinski definition) is 2. The molecule has 1 unspecified atom stereocenters. The Bertz CT molecular complexity index is 500. The van der Waals surface area contributed by atoms with Crippen LogP contribution in [0.4, 0.5) is 4.39 Å². The first-order chi connectivity index (χ1) is 8.47. The van der Waals surface area contributed by atoms with Gasteiger partial charge in [-0.25, -0.2) is 4.39 Å². The van der Waals surface area contributed by atoms with Gasteiger partial charge in [0.1, 0.15) is 5.82 Å². The number of amides is 1. The van der Waals surface area contributed by atoms with Gasteiger partial charge in [0.2, 0.25) is 5.91 Å². The number of benzene rings is 1. The van der Waals surface area contributed by atoms with Gasteiger partial charge in [0.05, 0.1) is 16.4 Å². The summed E-state index contributed by atoms with van der Waals surface area (Å²) in [6.45, 7) is 1.74. The lowest BCUT2D eigenvalue weighted by Gasteiger charge is -2.19. The quantitative estimate of drug-likeness (QED) is 0.820. The van der Waals surface area contributed by atoms with Crippen LogP contribution in [0, 0.1) is 11.2 Å². The van der Waals surface area contributed by atoms with E-state index < -0.39 is 11.5 Å². The number of thiocarbonyl (C=S) groups is 1. The maximum atomic E-state index is 13.6. The molecular weight excluding hydrogens is 251 g/mol. The lowest BCUT2D eigenvalue weighted by molar-refractivity contribution is -0.124. The van der Waals surface area contributed by atoms with Crippen molar-refractivity contribution in [3.05, 3.63) is 35.6 Å². The zero-order valence-corrected chi connectivity index (χ0v) is 10.9. The highest BCUT2D eigenvalue weighted by Crippen LogP contribution is 2.46. The van der Waals surface area contributed by atoms with Crippen molar-refractivity contribution in [3.8, 4) is 0 Å². The van der Waals surface area contributed by atoms with Gasteiger partial charge in [-0.3, -0.25) is 4.79 Å². The molecule has 1 aliphatic carbocycles. The summed E-state index contributed by atoms with van der Waals surface area (Å²) in [7, 11) is 0. The molecule has 0 saturated heterocycles. The van der Waals surface area contributed by atoms with E-state index in [0.717, 1.165) is 0 Å². The van der Waals surface area contributed by atoms with Crippen molar-refractivity contribution in [2.45, 2.75) is 25.8 Å². The summed E-state index contributed by atoms with van der Waals surface area (Å²) >= 11 is 4.91. The number of nitrogens with two attached hydrogens (primary N) is 1. The molecule has 96 valence electrons. The van der Waals surface area contributed by atoms with Crippen LogP contribution in [-0.4, -0.2) is 10.9 Å². The first-order valence-electron chi connectivity index (χ1n) is 5.83. The van der Waals surface area contributed by atoms with Crippen molar-refractivity contribution < 1.29 is 9.18 Å². The number of hydrogen-bond acceptors (Lipinski definition) is 2. The van der Waals surface area contributed by atoms with Crippen LogP contribution in [0.2, 0.25) is 0 Å². The third-order valence-electron chi connectivity index (χ3n) is 3.38. The average Bonchev–Trinajstić information content (AvgIpc) is 3.10. The van der Waals surface area contributed by atoms with Gasteiger partial charge in [0, 0.05) is 5.56 Å². The zero-order valence-electron chi connectivity index (χ0n) is 10.1. The molecule has 0 aliphatic heterocycles. The summed E-state index contributed by atoms with van der Waals surface area (Å²) in [5.41, 5.74) is 5.34. The smallest absolute Gasteiger partial charge is 0.233 e. The average molecular weight is 266 g/mol. The lowest BCUT2D eigenvalue weighted by Crippen LogP contribution is -2.40. The van der Waals surface area contributed by atoms with Crippen LogP contribution >= 0.6 is 12.2 Å². The number of rotatable bonds is 4. The van der Waals surface area contributed by atoms with Crippen LogP contribution in [0.5, 0.6) is 0 Å². The lowest BCUT2D eigenvalue weighted by atomic mass is 10.0. The molecule has 1 aromatic carbocycles. The molecule has 2 rings (SSSR count). The molecule has 1 amide bonds. The Morgan fingerprint density at radius 2 is 2.11 bits per heavy atom. The second-order valence-electron chi connectivity index (χ2n) is 4.66. The molecule has 0 bridgehead atoms. The fourth-order valence-electron chi connectivity index (χ4n) is 1.95. The van der Waals surface area contributed by atoms with Gasteiger partial charge in [-0.15, -0.1) is 0 Å². The molecule has 0 aromatic heterocycles. The van der Waals surface area contributed by atoms with Crippen molar-refractivity contribution in [2.24, 2.45) is 11.1 Å². The summed E-state index contributed by atoms with van der Waals surface area (Å²) in [6.07, 6.45) is 1.36. The second kappa shape index (κ2) is 4.65. The van der Waals surface area contributed by atoms with Crippen molar-refractivity contribution >= 4 is 23.1 Å². The van der Waals surface area contributed by atoms with Crippen LogP contribution in [0.3, 0.4) is 0 Å². The van der Waals surface area contributed by atoms with Crippen molar-refractivity contribution in [1.82, 2.24) is 5.32 Å². The summed E-state index contributed by atoms with van der Waals surface area (Å²) in [4.78, 5) is 12.3. The monoisotopic (exact) mass is 266 g/mol. The van der Waals surface area contributed by atoms with Gasteiger partial charge in [0.15, 0.2) is 0 Å². The molecule has 3 N–H and O–H groups in total. The highest BCUT2D eigenvalue weighted by atomic mass is 32.1. The second-order valence-corrected chi connectivity index (χ2v) is 5.10. The topological polar surface area (TPSA) is 55.1 Å². The van der Waals surface area contributed by atoms with E-state index >= 15 is 0 Å². The Morgan fingerprint density at radius 3 is 2.61 bits per heavy atom. The fourth-order valence-corrected chi connectivity index (χ4v) is 2.25. The Kier molecular flexibility index (Phi) is 3.34. The van der Waals surface area contributed by atoms with E-state index in [1.165, 1.54) is 6.07 Å². The van der Waals surface area contributed by atoms with Crippen molar-refractivity contribution in [3.63, 3.8) is 0 Å². The highest BCUT2D eigenvalue weighted by molar-refractivity contribution is 7.80. The van der Waals surface area contributed by atoms with Gasteiger partial charge in [0.25, 0.3) is 0 Å². The van der Waals surface area contributed by atoms with Crippen LogP contribution in [0.15, 0.2) is 24.3 Å². The first-order valence-corrected chi connectivity index (χ1v) is 6.23. The van der Waals surface area contributed by atoms with E-state index in [1.807, 2.05) is 0 Å². The van der Waals surface area contributed by atoms with E-state index in [2.05, 4.69) is 5.32 Å². The SMILES string of the molecule is CC(NC(=O)C1(C(N)=S)CC1)c1ccccc1F. The van der Waals surface area contributed by atoms with Gasteiger partial charge >= 0.3 is 0 Å². The molecule has 0 radical (unpaired) electrons. The molecule has 0 heterocycles. The van der Waals surface area contributed by atoms with E-state index in [9.17, 15) is 9.18 Å². The summed E-state index contributed by atoms with van der Waals surface area (Å²) in [6, 6.07) is 5.98. The van der Waals surface area contributed by atoms with Crippen molar-refractivity contribution in [1.29, 1.82) is 0 Å². The molecule has 1 aromatic rings. The minimum atomic E-state index is -0.700. The Balaban J connectivity index is 2.09. The Labute approximate surface area is 111 Å². The molecule has 1 aliphatic rings. The standard InChI is InChI=1S/C13H15FN2OS/c1-8(9-4-2-3-5-10(9)14)16-12(17)13(6-7-13)11(15)18/h2-5,8H,6-7H2,1H3,(H2,15,18)(H,16,17). The predicted octanol–water partition coefficient (Wildman–Crippen LogP) is 2.07. The molecule has 5 heteroatoms. The Hall–Kier alpha value is -1.49. The minimum absolute atomic E-state index is 0.203. The van der Waals surface area contributed by atoms with Gasteiger partial charge < -0.3 is 11.1 Å². The van der Waals surface area contributed by atoms with Gasteiger partial charge in [-0.05, 0) is 25.8 Å². The Morgan fingerprint density at radius 1 is 1.50 bits per heavy atom. The maximum Gasteiger partial charge on any atom is 0.233 e. The van der Waals surface area contributed by atoms with Crippen LogP contribution in [0.25, 0.3) is 0 Å². The normalized spacial score (nSPS) is 17.9. The van der Waals surface area contributed by atoms with E-state index in [1.54, 1.807) is 25.1 Å². The molecule has 1 saturated carbocycles. The maximum absolute atomic E-state index is 13.6. The zero-order chi connectivity index (χ0) is 13.3. The number of carbonyl (C=O) groups excluding carboxylic acids is 1. The fraction of sp³-hybridized carbons (Fsp3) is 0.385. The van der Waals surface area contributed by atoms with E-state index in [4.69, 9.17) is 18.0 Å². The van der Waals surface area contributed by atoms with Gasteiger partial charge in [-0.2, -0.15) is 0 Å². The molecule has 1 atom stereocenters. The molecular formula is C13H15FN2OS. The van der Waals surface area contributed by atoms with E-state index in [-0.39, 0.29) is 16.7 Å². The van der Waals surface area contributed by atoms with Crippen molar-refractivity contribution in [2.75, 3.05) is 0 Å². The third-order valence-corrected chi connectivity index (χ3v) is 3.77. The predicted molar refractivity (Wildman–Crippen MR) is 71.4 cm³/mol. The molecule has 0 spiro atoms. The first kappa shape index (κ1) is 13.0. The largest absolute Gasteiger partial charge is 0.392 e. The van der Waals surface area contributed by atoms with Crippen LogP contribution in [0.1, 0.15) is 31.4 Å². The number of halogens is 1. The van der Waals surface area contributed by atoms with Crippen LogP contribution < -0.4 is 11.1 Å². The third kappa shape index (κ3) is 2.22. The summed E-state index contributed by atoms with van der Waals surface area (Å²) < 4.78 is 13.6. The molecule has 18 heavy (non-hydrogen) atoms. The van der Waals surface area contributed by atoms with Gasteiger partial charge in [-0.1, -0.05) is 30.4 Å². The molecule has 3 nitrogen and oxygen atoms in total. The molecule has 1 fully saturated rings. The highest BCUT2D eigenvalue weighted by Gasteiger charge is 2.52. The number of carbonyl (C=O) groups is 1.